The fourth-order valence-electron chi connectivity index (χ4n) is 3.09. The number of hydrogen-bond acceptors (Lipinski definition) is 3. The predicted octanol–water partition coefficient (Wildman–Crippen LogP) is 4.81. The normalized spacial score (nSPS) is 11.3. The molecule has 0 radical (unpaired) electrons. The molecule has 0 aliphatic carbocycles. The standard InChI is InChI=1S/C22H19N3O2/c1-14-12-17(27-15(14)2)13-23-25-22(26)21-20(16-8-4-3-5-9-16)18-10-6-7-11-19(18)24-21/h3-13,24H,1-2H3,(H,25,26). The van der Waals surface area contributed by atoms with Gasteiger partial charge in [0.25, 0.3) is 5.91 Å². The van der Waals surface area contributed by atoms with Crippen molar-refractivity contribution in [2.24, 2.45) is 5.10 Å². The second-order valence-corrected chi connectivity index (χ2v) is 6.37. The number of aromatic amines is 1. The highest BCUT2D eigenvalue weighted by Crippen LogP contribution is 2.32. The molecule has 5 heteroatoms. The van der Waals surface area contributed by atoms with Gasteiger partial charge in [-0.1, -0.05) is 48.5 Å². The molecule has 0 unspecified atom stereocenters. The number of carbonyl (C=O) groups excluding carboxylic acids is 1. The average Bonchev–Trinajstić information content (AvgIpc) is 3.22. The summed E-state index contributed by atoms with van der Waals surface area (Å²) in [5.74, 6) is 1.14. The van der Waals surface area contributed by atoms with Crippen LogP contribution in [0, 0.1) is 13.8 Å². The number of hydrogen-bond donors (Lipinski definition) is 2. The van der Waals surface area contributed by atoms with E-state index in [1.807, 2.05) is 74.5 Å². The zero-order valence-electron chi connectivity index (χ0n) is 15.1. The summed E-state index contributed by atoms with van der Waals surface area (Å²) < 4.78 is 5.53. The van der Waals surface area contributed by atoms with E-state index >= 15 is 0 Å². The summed E-state index contributed by atoms with van der Waals surface area (Å²) in [5, 5.41) is 5.03. The molecular weight excluding hydrogens is 338 g/mol. The second-order valence-electron chi connectivity index (χ2n) is 6.37. The van der Waals surface area contributed by atoms with Crippen molar-refractivity contribution in [3.63, 3.8) is 0 Å². The van der Waals surface area contributed by atoms with Gasteiger partial charge in [0.1, 0.15) is 17.2 Å². The molecule has 0 bridgehead atoms. The van der Waals surface area contributed by atoms with E-state index < -0.39 is 0 Å². The van der Waals surface area contributed by atoms with Crippen molar-refractivity contribution in [2.45, 2.75) is 13.8 Å². The maximum Gasteiger partial charge on any atom is 0.288 e. The summed E-state index contributed by atoms with van der Waals surface area (Å²) >= 11 is 0. The molecule has 0 spiro atoms. The van der Waals surface area contributed by atoms with E-state index in [1.54, 1.807) is 0 Å². The van der Waals surface area contributed by atoms with Crippen LogP contribution >= 0.6 is 0 Å². The van der Waals surface area contributed by atoms with Gasteiger partial charge in [0.05, 0.1) is 6.21 Å². The molecule has 134 valence electrons. The topological polar surface area (TPSA) is 70.4 Å². The van der Waals surface area contributed by atoms with Crippen LogP contribution in [0.4, 0.5) is 0 Å². The third-order valence-electron chi connectivity index (χ3n) is 4.54. The molecule has 1 amide bonds. The van der Waals surface area contributed by atoms with E-state index in [0.717, 1.165) is 33.4 Å². The first-order valence-corrected chi connectivity index (χ1v) is 8.70. The Morgan fingerprint density at radius 1 is 1.07 bits per heavy atom. The van der Waals surface area contributed by atoms with Gasteiger partial charge in [0, 0.05) is 16.5 Å². The largest absolute Gasteiger partial charge is 0.460 e. The third-order valence-corrected chi connectivity index (χ3v) is 4.54. The molecule has 2 N–H and O–H groups in total. The van der Waals surface area contributed by atoms with Crippen LogP contribution in [0.15, 0.2) is 70.2 Å². The quantitative estimate of drug-likeness (QED) is 0.406. The minimum atomic E-state index is -0.304. The molecule has 0 atom stereocenters. The van der Waals surface area contributed by atoms with Crippen molar-refractivity contribution in [3.05, 3.63) is 83.4 Å². The zero-order valence-corrected chi connectivity index (χ0v) is 15.1. The summed E-state index contributed by atoms with van der Waals surface area (Å²) in [6.45, 7) is 3.85. The van der Waals surface area contributed by atoms with E-state index in [2.05, 4.69) is 15.5 Å². The predicted molar refractivity (Wildman–Crippen MR) is 107 cm³/mol. The minimum absolute atomic E-state index is 0.304. The Labute approximate surface area is 156 Å². The lowest BCUT2D eigenvalue weighted by molar-refractivity contribution is 0.0951. The first-order valence-electron chi connectivity index (χ1n) is 8.70. The van der Waals surface area contributed by atoms with E-state index in [9.17, 15) is 4.79 Å². The number of amides is 1. The van der Waals surface area contributed by atoms with Crippen LogP contribution in [0.3, 0.4) is 0 Å². The molecule has 27 heavy (non-hydrogen) atoms. The number of carbonyl (C=O) groups is 1. The van der Waals surface area contributed by atoms with Crippen molar-refractivity contribution in [1.29, 1.82) is 0 Å². The van der Waals surface area contributed by atoms with Crippen LogP contribution in [0.5, 0.6) is 0 Å². The number of para-hydroxylation sites is 1. The Hall–Kier alpha value is -3.60. The highest BCUT2D eigenvalue weighted by Gasteiger charge is 2.18. The Morgan fingerprint density at radius 3 is 2.56 bits per heavy atom. The number of fused-ring (bicyclic) bond motifs is 1. The number of benzene rings is 2. The minimum Gasteiger partial charge on any atom is -0.460 e. The Balaban J connectivity index is 1.67. The van der Waals surface area contributed by atoms with E-state index in [-0.39, 0.29) is 5.91 Å². The molecule has 4 rings (SSSR count). The maximum absolute atomic E-state index is 12.8. The first kappa shape index (κ1) is 16.8. The van der Waals surface area contributed by atoms with Crippen molar-refractivity contribution in [3.8, 4) is 11.1 Å². The van der Waals surface area contributed by atoms with Gasteiger partial charge in [0.15, 0.2) is 0 Å². The number of aryl methyl sites for hydroxylation is 2. The fraction of sp³-hybridized carbons (Fsp3) is 0.0909. The fourth-order valence-corrected chi connectivity index (χ4v) is 3.09. The SMILES string of the molecule is Cc1cc(C=NNC(=O)c2[nH]c3ccccc3c2-c2ccccc2)oc1C. The third kappa shape index (κ3) is 3.27. The van der Waals surface area contributed by atoms with Gasteiger partial charge in [0.2, 0.25) is 0 Å². The second kappa shape index (κ2) is 6.96. The number of furan rings is 1. The number of aromatic nitrogens is 1. The van der Waals surface area contributed by atoms with E-state index in [1.165, 1.54) is 6.21 Å². The number of nitrogens with zero attached hydrogens (tertiary/aromatic N) is 1. The lowest BCUT2D eigenvalue weighted by Gasteiger charge is -2.04. The van der Waals surface area contributed by atoms with Crippen molar-refractivity contribution >= 4 is 23.0 Å². The van der Waals surface area contributed by atoms with Crippen LogP contribution < -0.4 is 5.43 Å². The van der Waals surface area contributed by atoms with Crippen LogP contribution in [0.1, 0.15) is 27.6 Å². The lowest BCUT2D eigenvalue weighted by atomic mass is 10.0. The molecule has 2 aromatic heterocycles. The molecule has 5 nitrogen and oxygen atoms in total. The van der Waals surface area contributed by atoms with Gasteiger partial charge in [-0.05, 0) is 37.1 Å². The molecule has 0 saturated heterocycles. The Kier molecular flexibility index (Phi) is 4.34. The smallest absolute Gasteiger partial charge is 0.288 e. The van der Waals surface area contributed by atoms with Crippen molar-refractivity contribution < 1.29 is 9.21 Å². The summed E-state index contributed by atoms with van der Waals surface area (Å²) in [5.41, 5.74) is 6.85. The molecule has 2 aromatic carbocycles. The highest BCUT2D eigenvalue weighted by molar-refractivity contribution is 6.09. The average molecular weight is 357 g/mol. The monoisotopic (exact) mass is 357 g/mol. The molecule has 4 aromatic rings. The van der Waals surface area contributed by atoms with Gasteiger partial charge in [-0.25, -0.2) is 5.43 Å². The van der Waals surface area contributed by atoms with Crippen LogP contribution in [-0.4, -0.2) is 17.1 Å². The van der Waals surface area contributed by atoms with Gasteiger partial charge in [-0.3, -0.25) is 4.79 Å². The van der Waals surface area contributed by atoms with Crippen molar-refractivity contribution in [1.82, 2.24) is 10.4 Å². The van der Waals surface area contributed by atoms with Gasteiger partial charge in [-0.15, -0.1) is 0 Å². The van der Waals surface area contributed by atoms with Gasteiger partial charge < -0.3 is 9.40 Å². The Morgan fingerprint density at radius 2 is 1.81 bits per heavy atom. The summed E-state index contributed by atoms with van der Waals surface area (Å²) in [4.78, 5) is 16.0. The summed E-state index contributed by atoms with van der Waals surface area (Å²) in [6.07, 6.45) is 1.50. The first-order chi connectivity index (χ1) is 13.1. The zero-order chi connectivity index (χ0) is 18.8. The molecule has 0 aliphatic heterocycles. The van der Waals surface area contributed by atoms with Crippen LogP contribution in [-0.2, 0) is 0 Å². The number of hydrazone groups is 1. The molecular formula is C22H19N3O2. The lowest BCUT2D eigenvalue weighted by Crippen LogP contribution is -2.18. The Bertz CT molecular complexity index is 1120. The molecule has 0 fully saturated rings. The number of rotatable bonds is 4. The summed E-state index contributed by atoms with van der Waals surface area (Å²) in [6, 6.07) is 19.6. The number of nitrogens with one attached hydrogen (secondary N) is 2. The van der Waals surface area contributed by atoms with E-state index in [0.29, 0.717) is 11.5 Å². The highest BCUT2D eigenvalue weighted by atomic mass is 16.3. The molecule has 0 aliphatic rings. The van der Waals surface area contributed by atoms with Crippen molar-refractivity contribution in [2.75, 3.05) is 0 Å². The molecule has 0 saturated carbocycles. The number of H-pyrrole nitrogens is 1. The summed E-state index contributed by atoms with van der Waals surface area (Å²) in [7, 11) is 0. The molecule has 2 heterocycles. The maximum atomic E-state index is 12.8. The van der Waals surface area contributed by atoms with Gasteiger partial charge >= 0.3 is 0 Å². The van der Waals surface area contributed by atoms with E-state index in [4.69, 9.17) is 4.42 Å². The van der Waals surface area contributed by atoms with Gasteiger partial charge in [-0.2, -0.15) is 5.10 Å². The van der Waals surface area contributed by atoms with Crippen LogP contribution in [0.2, 0.25) is 0 Å². The van der Waals surface area contributed by atoms with Crippen LogP contribution in [0.25, 0.3) is 22.0 Å².